The molecular weight excluding hydrogens is 1050 g/mol. The number of ether oxygens (including phenoxy) is 1. The predicted molar refractivity (Wildman–Crippen MR) is 358 cm³/mol. The molecule has 0 spiro atoms. The van der Waals surface area contributed by atoms with E-state index in [-0.39, 0.29) is 31.5 Å². The van der Waals surface area contributed by atoms with E-state index in [1.807, 2.05) is 33.3 Å². The zero-order valence-electron chi connectivity index (χ0n) is 56.2. The van der Waals surface area contributed by atoms with E-state index in [1.54, 1.807) is 0 Å². The van der Waals surface area contributed by atoms with Gasteiger partial charge in [-0.1, -0.05) is 327 Å². The van der Waals surface area contributed by atoms with Crippen molar-refractivity contribution in [2.24, 2.45) is 0 Å². The molecule has 1 amide bonds. The lowest BCUT2D eigenvalue weighted by molar-refractivity contribution is -0.870. The van der Waals surface area contributed by atoms with Gasteiger partial charge >= 0.3 is 5.97 Å². The highest BCUT2D eigenvalue weighted by Gasteiger charge is 2.27. The first-order valence-corrected chi connectivity index (χ1v) is 37.8. The molecular formula is C73H141N2O7P. The molecule has 0 aliphatic rings. The molecule has 0 aromatic heterocycles. The third-order valence-electron chi connectivity index (χ3n) is 16.6. The van der Waals surface area contributed by atoms with Crippen LogP contribution < -0.4 is 10.2 Å². The Bertz CT molecular complexity index is 1510. The number of carbonyl (C=O) groups is 2. The molecule has 1 N–H and O–H groups in total. The van der Waals surface area contributed by atoms with Gasteiger partial charge in [-0.2, -0.15) is 0 Å². The lowest BCUT2D eigenvalue weighted by Gasteiger charge is -2.30. The van der Waals surface area contributed by atoms with Crippen LogP contribution in [0.3, 0.4) is 0 Å². The van der Waals surface area contributed by atoms with Gasteiger partial charge in [0.15, 0.2) is 0 Å². The fourth-order valence-corrected chi connectivity index (χ4v) is 11.7. The number of nitrogens with one attached hydrogen (secondary N) is 1. The number of phosphoric acid groups is 1. The summed E-state index contributed by atoms with van der Waals surface area (Å²) in [5, 5.41) is 3.05. The Morgan fingerprint density at radius 3 is 1.11 bits per heavy atom. The second-order valence-corrected chi connectivity index (χ2v) is 27.5. The van der Waals surface area contributed by atoms with Crippen LogP contribution in [0, 0.1) is 0 Å². The number of carbonyl (C=O) groups excluding carboxylic acids is 2. The van der Waals surface area contributed by atoms with Crippen LogP contribution in [0.15, 0.2) is 36.5 Å². The second-order valence-electron chi connectivity index (χ2n) is 26.1. The van der Waals surface area contributed by atoms with E-state index in [4.69, 9.17) is 13.8 Å². The molecule has 0 aromatic carbocycles. The van der Waals surface area contributed by atoms with Crippen LogP contribution in [0.4, 0.5) is 0 Å². The maximum absolute atomic E-state index is 13.6. The summed E-state index contributed by atoms with van der Waals surface area (Å²) in [7, 11) is 1.21. The molecule has 0 heterocycles. The summed E-state index contributed by atoms with van der Waals surface area (Å²) in [6, 6.07) is -0.884. The number of unbranched alkanes of at least 4 members (excludes halogenated alkanes) is 47. The third kappa shape index (κ3) is 64.5. The standard InChI is InChI=1S/C73H141N2O7P/c1-7-10-13-16-19-22-25-28-30-32-34-35-36-37-38-39-41-43-45-48-51-54-57-60-63-66-73(77)82-71(64-61-58-55-52-49-46-27-24-21-18-15-12-9-3)70(69-81-83(78,79)80-68-67-75(4,5)6)74-72(76)65-62-59-56-53-50-47-44-42-40-33-31-29-26-23-20-17-14-11-8-2/h19,22,28,30,61,64,70-71H,7-18,20-21,23-27,29,31-60,62-63,65-69H2,1-6H3,(H-,74,76,78,79)/b22-19-,30-28-,64-61+. The van der Waals surface area contributed by atoms with E-state index in [1.165, 1.54) is 270 Å². The summed E-state index contributed by atoms with van der Waals surface area (Å²) in [5.74, 6) is -0.518. The first-order valence-electron chi connectivity index (χ1n) is 36.3. The molecule has 0 rings (SSSR count). The molecule has 0 aliphatic carbocycles. The highest BCUT2D eigenvalue weighted by molar-refractivity contribution is 7.45. The molecule has 0 radical (unpaired) electrons. The highest BCUT2D eigenvalue weighted by Crippen LogP contribution is 2.38. The fraction of sp³-hybridized carbons (Fsp3) is 0.890. The van der Waals surface area contributed by atoms with Crippen LogP contribution in [-0.4, -0.2) is 69.4 Å². The number of allylic oxidation sites excluding steroid dienone is 5. The van der Waals surface area contributed by atoms with Crippen molar-refractivity contribution < 1.29 is 37.3 Å². The monoisotopic (exact) mass is 1190 g/mol. The molecule has 3 atom stereocenters. The Kier molecular flexibility index (Phi) is 61.9. The molecule has 0 saturated heterocycles. The Balaban J connectivity index is 5.04. The van der Waals surface area contributed by atoms with Crippen LogP contribution in [-0.2, 0) is 27.9 Å². The molecule has 0 aliphatic heterocycles. The van der Waals surface area contributed by atoms with Crippen LogP contribution in [0.2, 0.25) is 0 Å². The Morgan fingerprint density at radius 1 is 0.422 bits per heavy atom. The van der Waals surface area contributed by atoms with E-state index in [2.05, 4.69) is 50.4 Å². The van der Waals surface area contributed by atoms with E-state index in [9.17, 15) is 19.0 Å². The Morgan fingerprint density at radius 2 is 0.735 bits per heavy atom. The van der Waals surface area contributed by atoms with Gasteiger partial charge in [0.2, 0.25) is 5.91 Å². The zero-order valence-corrected chi connectivity index (χ0v) is 57.1. The molecule has 0 bridgehead atoms. The summed E-state index contributed by atoms with van der Waals surface area (Å²) in [6.45, 7) is 6.89. The summed E-state index contributed by atoms with van der Waals surface area (Å²) >= 11 is 0. The summed E-state index contributed by atoms with van der Waals surface area (Å²) in [4.78, 5) is 40.2. The van der Waals surface area contributed by atoms with Crippen molar-refractivity contribution in [1.82, 2.24) is 5.32 Å². The minimum absolute atomic E-state index is 0.0187. The smallest absolute Gasteiger partial charge is 0.306 e. The molecule has 0 aromatic rings. The van der Waals surface area contributed by atoms with Crippen molar-refractivity contribution in [3.05, 3.63) is 36.5 Å². The largest absolute Gasteiger partial charge is 0.756 e. The van der Waals surface area contributed by atoms with E-state index in [0.29, 0.717) is 17.4 Å². The number of quaternary nitrogens is 1. The number of amides is 1. The van der Waals surface area contributed by atoms with E-state index in [0.717, 1.165) is 64.2 Å². The number of likely N-dealkylation sites (N-methyl/N-ethyl adjacent to an activating group) is 1. The number of hydrogen-bond acceptors (Lipinski definition) is 7. The molecule has 3 unspecified atom stereocenters. The van der Waals surface area contributed by atoms with Crippen molar-refractivity contribution >= 4 is 19.7 Å². The van der Waals surface area contributed by atoms with Gasteiger partial charge in [-0.25, -0.2) is 0 Å². The van der Waals surface area contributed by atoms with Gasteiger partial charge in [0.1, 0.15) is 19.3 Å². The van der Waals surface area contributed by atoms with Gasteiger partial charge in [-0.05, 0) is 63.9 Å². The van der Waals surface area contributed by atoms with Crippen LogP contribution in [0.25, 0.3) is 0 Å². The Labute approximate surface area is 516 Å². The van der Waals surface area contributed by atoms with Crippen molar-refractivity contribution in [2.45, 2.75) is 380 Å². The minimum Gasteiger partial charge on any atom is -0.756 e. The minimum atomic E-state index is -4.70. The van der Waals surface area contributed by atoms with Crippen molar-refractivity contribution in [1.29, 1.82) is 0 Å². The molecule has 490 valence electrons. The van der Waals surface area contributed by atoms with Gasteiger partial charge in [-0.3, -0.25) is 14.2 Å². The number of phosphoric ester groups is 1. The van der Waals surface area contributed by atoms with Gasteiger partial charge < -0.3 is 28.5 Å². The van der Waals surface area contributed by atoms with Crippen LogP contribution in [0.5, 0.6) is 0 Å². The summed E-state index contributed by atoms with van der Waals surface area (Å²) < 4.78 is 30.5. The van der Waals surface area contributed by atoms with Crippen molar-refractivity contribution in [2.75, 3.05) is 40.9 Å². The van der Waals surface area contributed by atoms with E-state index < -0.39 is 20.0 Å². The average Bonchev–Trinajstić information content (AvgIpc) is 3.46. The average molecular weight is 1190 g/mol. The number of esters is 1. The van der Waals surface area contributed by atoms with Crippen molar-refractivity contribution in [3.63, 3.8) is 0 Å². The lowest BCUT2D eigenvalue weighted by Crippen LogP contribution is -2.47. The normalized spacial score (nSPS) is 13.7. The molecule has 10 heteroatoms. The van der Waals surface area contributed by atoms with Crippen LogP contribution in [0.1, 0.15) is 367 Å². The quantitative estimate of drug-likeness (QED) is 0.0212. The van der Waals surface area contributed by atoms with Gasteiger partial charge in [0, 0.05) is 12.8 Å². The highest BCUT2D eigenvalue weighted by atomic mass is 31.2. The number of rotatable bonds is 67. The number of nitrogens with zero attached hydrogens (tertiary/aromatic N) is 1. The molecule has 0 fully saturated rings. The maximum Gasteiger partial charge on any atom is 0.306 e. The Hall–Kier alpha value is -1.77. The zero-order chi connectivity index (χ0) is 60.7. The first-order chi connectivity index (χ1) is 40.4. The lowest BCUT2D eigenvalue weighted by atomic mass is 10.0. The predicted octanol–water partition coefficient (Wildman–Crippen LogP) is 22.4. The molecule has 83 heavy (non-hydrogen) atoms. The summed E-state index contributed by atoms with van der Waals surface area (Å²) in [5.41, 5.74) is 0. The summed E-state index contributed by atoms with van der Waals surface area (Å²) in [6.07, 6.45) is 78.4. The number of hydrogen-bond donors (Lipinski definition) is 1. The molecule has 9 nitrogen and oxygen atoms in total. The van der Waals surface area contributed by atoms with Gasteiger partial charge in [0.05, 0.1) is 33.8 Å². The second kappa shape index (κ2) is 63.3. The van der Waals surface area contributed by atoms with Gasteiger partial charge in [0.25, 0.3) is 7.82 Å². The van der Waals surface area contributed by atoms with Crippen LogP contribution >= 0.6 is 7.82 Å². The molecule has 0 saturated carbocycles. The van der Waals surface area contributed by atoms with E-state index >= 15 is 0 Å². The SMILES string of the molecule is CCCCC/C=C\C/C=C\CCCCCCCCCCCCCCCCCC(=O)OC(/C=C/CCCCCCCCCCCCC)C(COP(=O)([O-])OCC[N+](C)(C)C)NC(=O)CCCCCCCCCCCCCCCCCCCCC. The fourth-order valence-electron chi connectivity index (χ4n) is 11.0. The topological polar surface area (TPSA) is 114 Å². The maximum atomic E-state index is 13.6. The van der Waals surface area contributed by atoms with Gasteiger partial charge in [-0.15, -0.1) is 0 Å². The third-order valence-corrected chi connectivity index (χ3v) is 17.5. The first kappa shape index (κ1) is 81.2. The van der Waals surface area contributed by atoms with Crippen molar-refractivity contribution in [3.8, 4) is 0 Å².